The third-order valence-electron chi connectivity index (χ3n) is 4.41. The fraction of sp³-hybridized carbons (Fsp3) is 0.100. The number of H-pyrrole nitrogens is 1. The standard InChI is InChI=1S/C20H17Cl2N8O2/c21-12-1-3-14(16(22)9-12)18-15(19-24-6-7-25-19)11-28-20(29-18)26-8-5-23-17-4-2-13(10-27-17)30(31)32/h1-4,6-7,9-11,31H,5,8H2,(H,23,27)(H,24,25)(H,26,28,29)/q-1. The lowest BCUT2D eigenvalue weighted by molar-refractivity contribution is 0.296. The molecule has 0 aliphatic heterocycles. The van der Waals surface area contributed by atoms with Crippen molar-refractivity contribution in [3.63, 3.8) is 0 Å². The Morgan fingerprint density at radius 3 is 2.53 bits per heavy atom. The molecule has 10 nitrogen and oxygen atoms in total. The van der Waals surface area contributed by atoms with Gasteiger partial charge in [0.25, 0.3) is 0 Å². The van der Waals surface area contributed by atoms with Crippen LogP contribution in [0.25, 0.3) is 22.6 Å². The molecule has 0 fully saturated rings. The van der Waals surface area contributed by atoms with Crippen LogP contribution in [0.3, 0.4) is 0 Å². The molecule has 4 aromatic rings. The Balaban J connectivity index is 1.48. The van der Waals surface area contributed by atoms with Gasteiger partial charge in [-0.2, -0.15) is 0 Å². The second-order valence-electron chi connectivity index (χ2n) is 6.55. The molecule has 0 atom stereocenters. The number of aromatic nitrogens is 5. The molecule has 0 amide bonds. The van der Waals surface area contributed by atoms with Gasteiger partial charge in [-0.3, -0.25) is 5.21 Å². The average Bonchev–Trinajstić information content (AvgIpc) is 3.32. The molecule has 32 heavy (non-hydrogen) atoms. The van der Waals surface area contributed by atoms with Gasteiger partial charge in [0.1, 0.15) is 11.6 Å². The van der Waals surface area contributed by atoms with Crippen molar-refractivity contribution >= 4 is 40.7 Å². The first-order chi connectivity index (χ1) is 15.5. The summed E-state index contributed by atoms with van der Waals surface area (Å²) in [7, 11) is 0. The van der Waals surface area contributed by atoms with E-state index >= 15 is 0 Å². The summed E-state index contributed by atoms with van der Waals surface area (Å²) in [5.74, 6) is 1.59. The van der Waals surface area contributed by atoms with Gasteiger partial charge in [0, 0.05) is 42.3 Å². The van der Waals surface area contributed by atoms with Crippen LogP contribution in [-0.4, -0.2) is 43.2 Å². The van der Waals surface area contributed by atoms with Gasteiger partial charge >= 0.3 is 0 Å². The van der Waals surface area contributed by atoms with Gasteiger partial charge < -0.3 is 26.1 Å². The molecular formula is C20H17Cl2N8O2-. The quantitative estimate of drug-likeness (QED) is 0.216. The summed E-state index contributed by atoms with van der Waals surface area (Å²) in [5.41, 5.74) is 2.05. The summed E-state index contributed by atoms with van der Waals surface area (Å²) in [4.78, 5) is 20.4. The van der Waals surface area contributed by atoms with Crippen LogP contribution in [0.2, 0.25) is 10.0 Å². The van der Waals surface area contributed by atoms with Crippen LogP contribution in [0.1, 0.15) is 0 Å². The molecule has 0 aliphatic carbocycles. The maximum atomic E-state index is 10.8. The van der Waals surface area contributed by atoms with Gasteiger partial charge in [-0.25, -0.2) is 19.9 Å². The minimum Gasteiger partial charge on any atom is -0.733 e. The molecule has 0 unspecified atom stereocenters. The largest absolute Gasteiger partial charge is 0.733 e. The number of anilines is 3. The predicted octanol–water partition coefficient (Wildman–Crippen LogP) is 4.45. The summed E-state index contributed by atoms with van der Waals surface area (Å²) in [6, 6.07) is 8.25. The first-order valence-corrected chi connectivity index (χ1v) is 10.2. The van der Waals surface area contributed by atoms with Crippen LogP contribution >= 0.6 is 23.2 Å². The molecule has 3 heterocycles. The third-order valence-corrected chi connectivity index (χ3v) is 4.96. The van der Waals surface area contributed by atoms with E-state index in [1.807, 2.05) is 0 Å². The van der Waals surface area contributed by atoms with E-state index in [0.29, 0.717) is 57.5 Å². The number of rotatable bonds is 8. The van der Waals surface area contributed by atoms with Gasteiger partial charge in [-0.1, -0.05) is 23.2 Å². The van der Waals surface area contributed by atoms with Gasteiger partial charge in [0.15, 0.2) is 0 Å². The van der Waals surface area contributed by atoms with E-state index in [2.05, 4.69) is 35.6 Å². The molecule has 164 valence electrons. The molecule has 12 heteroatoms. The smallest absolute Gasteiger partial charge is 0.223 e. The lowest BCUT2D eigenvalue weighted by Gasteiger charge is -2.20. The summed E-state index contributed by atoms with van der Waals surface area (Å²) in [6.45, 7) is 0.998. The molecule has 0 saturated carbocycles. The highest BCUT2D eigenvalue weighted by atomic mass is 35.5. The number of aromatic amines is 1. The van der Waals surface area contributed by atoms with E-state index in [1.54, 1.807) is 42.9 Å². The average molecular weight is 472 g/mol. The van der Waals surface area contributed by atoms with Crippen LogP contribution in [0, 0.1) is 5.21 Å². The van der Waals surface area contributed by atoms with Crippen LogP contribution < -0.4 is 15.9 Å². The van der Waals surface area contributed by atoms with Crippen LogP contribution in [-0.2, 0) is 0 Å². The SMILES string of the molecule is [O-]N(O)c1ccc(NCCNc2ncc(-c3ncc[nH]3)c(-c3ccc(Cl)cc3Cl)n2)nc1. The Kier molecular flexibility index (Phi) is 6.66. The number of benzene rings is 1. The van der Waals surface area contributed by atoms with Crippen molar-refractivity contribution in [3.05, 3.63) is 70.4 Å². The number of pyridine rings is 1. The zero-order valence-corrected chi connectivity index (χ0v) is 18.0. The molecule has 0 radical (unpaired) electrons. The maximum Gasteiger partial charge on any atom is 0.223 e. The van der Waals surface area contributed by atoms with Crippen molar-refractivity contribution in [3.8, 4) is 22.6 Å². The molecule has 0 saturated heterocycles. The van der Waals surface area contributed by atoms with E-state index in [0.717, 1.165) is 0 Å². The Morgan fingerprint density at radius 1 is 1.00 bits per heavy atom. The van der Waals surface area contributed by atoms with E-state index < -0.39 is 0 Å². The number of imidazole rings is 1. The highest BCUT2D eigenvalue weighted by Gasteiger charge is 2.16. The van der Waals surface area contributed by atoms with Crippen molar-refractivity contribution in [1.29, 1.82) is 0 Å². The number of halogens is 2. The Morgan fingerprint density at radius 2 is 1.84 bits per heavy atom. The second-order valence-corrected chi connectivity index (χ2v) is 7.39. The van der Waals surface area contributed by atoms with E-state index in [-0.39, 0.29) is 10.9 Å². The van der Waals surface area contributed by atoms with Gasteiger partial charge in [0.05, 0.1) is 28.2 Å². The molecule has 1 aromatic carbocycles. The van der Waals surface area contributed by atoms with E-state index in [1.165, 1.54) is 12.3 Å². The first kappa shape index (κ1) is 21.8. The predicted molar refractivity (Wildman–Crippen MR) is 124 cm³/mol. The van der Waals surface area contributed by atoms with Crippen molar-refractivity contribution in [2.75, 3.05) is 28.9 Å². The molecule has 4 N–H and O–H groups in total. The Bertz CT molecular complexity index is 1190. The number of hydrogen-bond acceptors (Lipinski definition) is 9. The molecule has 3 aromatic heterocycles. The minimum atomic E-state index is -0.243. The maximum absolute atomic E-state index is 10.8. The first-order valence-electron chi connectivity index (χ1n) is 9.43. The molecule has 4 rings (SSSR count). The van der Waals surface area contributed by atoms with Crippen molar-refractivity contribution in [2.24, 2.45) is 0 Å². The van der Waals surface area contributed by atoms with Gasteiger partial charge in [0.2, 0.25) is 5.95 Å². The molecule has 0 spiro atoms. The Labute approximate surface area is 192 Å². The summed E-state index contributed by atoms with van der Waals surface area (Å²) in [6.07, 6.45) is 6.30. The zero-order valence-electron chi connectivity index (χ0n) is 16.5. The van der Waals surface area contributed by atoms with Crippen LogP contribution in [0.5, 0.6) is 0 Å². The monoisotopic (exact) mass is 471 g/mol. The highest BCUT2D eigenvalue weighted by molar-refractivity contribution is 6.36. The van der Waals surface area contributed by atoms with E-state index in [4.69, 9.17) is 28.4 Å². The number of nitrogens with zero attached hydrogens (tertiary/aromatic N) is 5. The Hall–Kier alpha value is -3.44. The number of nitrogens with one attached hydrogen (secondary N) is 3. The normalized spacial score (nSPS) is 10.8. The fourth-order valence-corrected chi connectivity index (χ4v) is 3.41. The van der Waals surface area contributed by atoms with Gasteiger partial charge in [-0.15, -0.1) is 0 Å². The summed E-state index contributed by atoms with van der Waals surface area (Å²) < 4.78 is 0. The topological polar surface area (TPSA) is 138 Å². The lowest BCUT2D eigenvalue weighted by Crippen LogP contribution is -2.16. The van der Waals surface area contributed by atoms with Crippen molar-refractivity contribution in [1.82, 2.24) is 24.9 Å². The van der Waals surface area contributed by atoms with Crippen LogP contribution in [0.15, 0.2) is 55.1 Å². The molecule has 0 aliphatic rings. The second kappa shape index (κ2) is 9.79. The summed E-state index contributed by atoms with van der Waals surface area (Å²) in [5, 5.41) is 26.6. The van der Waals surface area contributed by atoms with E-state index in [9.17, 15) is 5.21 Å². The lowest BCUT2D eigenvalue weighted by atomic mass is 10.1. The van der Waals surface area contributed by atoms with Crippen molar-refractivity contribution < 1.29 is 5.21 Å². The van der Waals surface area contributed by atoms with Crippen molar-refractivity contribution in [2.45, 2.75) is 0 Å². The minimum absolute atomic E-state index is 0.0483. The summed E-state index contributed by atoms with van der Waals surface area (Å²) >= 11 is 12.5. The molecule has 0 bridgehead atoms. The zero-order chi connectivity index (χ0) is 22.5. The van der Waals surface area contributed by atoms with Crippen LogP contribution in [0.4, 0.5) is 17.5 Å². The highest BCUT2D eigenvalue weighted by Crippen LogP contribution is 2.34. The third kappa shape index (κ3) is 5.06. The van der Waals surface area contributed by atoms with Gasteiger partial charge in [-0.05, 0) is 30.3 Å². The number of hydrogen-bond donors (Lipinski definition) is 4. The fourth-order valence-electron chi connectivity index (χ4n) is 2.91. The molecular weight excluding hydrogens is 455 g/mol.